The van der Waals surface area contributed by atoms with Crippen LogP contribution < -0.4 is 10.5 Å². The molecule has 19 heavy (non-hydrogen) atoms. The smallest absolute Gasteiger partial charge is 0.220 e. The minimum atomic E-state index is -0.490. The summed E-state index contributed by atoms with van der Waals surface area (Å²) in [6.45, 7) is 1.75. The number of nitrogens with one attached hydrogen (secondary N) is 1. The van der Waals surface area contributed by atoms with Crippen LogP contribution in [0.1, 0.15) is 11.3 Å². The fourth-order valence-electron chi connectivity index (χ4n) is 1.51. The zero-order chi connectivity index (χ0) is 14.0. The molecule has 0 aliphatic rings. The van der Waals surface area contributed by atoms with Gasteiger partial charge in [0, 0.05) is 21.8 Å². The van der Waals surface area contributed by atoms with Gasteiger partial charge in [0.15, 0.2) is 11.6 Å². The number of nitrogens with two attached hydrogens (primary N) is 1. The molecule has 0 atom stereocenters. The summed E-state index contributed by atoms with van der Waals surface area (Å²) in [5.74, 6) is -0.329. The van der Waals surface area contributed by atoms with Crippen LogP contribution in [-0.2, 0) is 0 Å². The number of rotatable bonds is 3. The Kier molecular flexibility index (Phi) is 3.80. The zero-order valence-corrected chi connectivity index (χ0v) is 11.7. The Morgan fingerprint density at radius 1 is 1.37 bits per heavy atom. The number of hydrogen-bond acceptors (Lipinski definition) is 3. The second-order valence-corrected chi connectivity index (χ2v) is 4.84. The third-order valence-corrected chi connectivity index (χ3v) is 2.84. The van der Waals surface area contributed by atoms with E-state index in [1.807, 2.05) is 0 Å². The van der Waals surface area contributed by atoms with Gasteiger partial charge in [-0.2, -0.15) is 0 Å². The van der Waals surface area contributed by atoms with Crippen LogP contribution in [0.25, 0.3) is 0 Å². The van der Waals surface area contributed by atoms with E-state index in [0.29, 0.717) is 15.7 Å². The second kappa shape index (κ2) is 5.36. The van der Waals surface area contributed by atoms with Gasteiger partial charge >= 0.3 is 0 Å². The number of nitrogens with zero attached hydrogens (tertiary/aromatic N) is 1. The van der Waals surface area contributed by atoms with Gasteiger partial charge < -0.3 is 10.5 Å². The lowest BCUT2D eigenvalue weighted by molar-refractivity contribution is 0.426. The largest absolute Gasteiger partial charge is 0.436 e. The molecule has 0 saturated heterocycles. The lowest BCUT2D eigenvalue weighted by Gasteiger charge is -2.08. The summed E-state index contributed by atoms with van der Waals surface area (Å²) in [6, 6.07) is 7.53. The molecule has 0 unspecified atom stereocenters. The van der Waals surface area contributed by atoms with Crippen molar-refractivity contribution < 1.29 is 9.13 Å². The molecule has 6 heteroatoms. The normalized spacial score (nSPS) is 10.3. The summed E-state index contributed by atoms with van der Waals surface area (Å²) in [7, 11) is 0. The summed E-state index contributed by atoms with van der Waals surface area (Å²) in [5, 5.41) is 7.40. The standard InChI is InChI=1S/C13H11BrFN3O/c1-7-4-8(13(16)17)5-12(18-7)19-11-6-9(14)2-3-10(11)15/h2-6H,1H3,(H3,16,17). The molecule has 0 fully saturated rings. The van der Waals surface area contributed by atoms with Crippen molar-refractivity contribution in [3.05, 3.63) is 51.9 Å². The quantitative estimate of drug-likeness (QED) is 0.672. The van der Waals surface area contributed by atoms with Gasteiger partial charge in [0.2, 0.25) is 5.88 Å². The van der Waals surface area contributed by atoms with Crippen molar-refractivity contribution >= 4 is 21.8 Å². The lowest BCUT2D eigenvalue weighted by atomic mass is 10.2. The van der Waals surface area contributed by atoms with Crippen molar-refractivity contribution in [2.75, 3.05) is 0 Å². The fourth-order valence-corrected chi connectivity index (χ4v) is 1.85. The number of benzene rings is 1. The molecule has 1 aromatic heterocycles. The third kappa shape index (κ3) is 3.29. The van der Waals surface area contributed by atoms with Gasteiger partial charge in [-0.3, -0.25) is 5.41 Å². The maximum absolute atomic E-state index is 13.6. The van der Waals surface area contributed by atoms with Crippen LogP contribution >= 0.6 is 15.9 Å². The van der Waals surface area contributed by atoms with E-state index in [9.17, 15) is 4.39 Å². The van der Waals surface area contributed by atoms with E-state index in [2.05, 4.69) is 20.9 Å². The summed E-state index contributed by atoms with van der Waals surface area (Å²) < 4.78 is 19.7. The molecular formula is C13H11BrFN3O. The van der Waals surface area contributed by atoms with Gasteiger partial charge in [0.25, 0.3) is 0 Å². The molecule has 1 heterocycles. The lowest BCUT2D eigenvalue weighted by Crippen LogP contribution is -2.11. The van der Waals surface area contributed by atoms with Gasteiger partial charge in [-0.1, -0.05) is 15.9 Å². The molecule has 0 aliphatic heterocycles. The van der Waals surface area contributed by atoms with Crippen LogP contribution in [0, 0.1) is 18.2 Å². The monoisotopic (exact) mass is 323 g/mol. The van der Waals surface area contributed by atoms with Crippen LogP contribution in [0.3, 0.4) is 0 Å². The maximum atomic E-state index is 13.6. The van der Waals surface area contributed by atoms with E-state index in [1.54, 1.807) is 19.1 Å². The highest BCUT2D eigenvalue weighted by Crippen LogP contribution is 2.27. The fraction of sp³-hybridized carbons (Fsp3) is 0.0769. The van der Waals surface area contributed by atoms with Gasteiger partial charge in [-0.05, 0) is 31.2 Å². The molecule has 2 aromatic rings. The van der Waals surface area contributed by atoms with Crippen molar-refractivity contribution in [3.8, 4) is 11.6 Å². The average Bonchev–Trinajstić information content (AvgIpc) is 2.33. The predicted molar refractivity (Wildman–Crippen MR) is 74.2 cm³/mol. The highest BCUT2D eigenvalue weighted by Gasteiger charge is 2.09. The van der Waals surface area contributed by atoms with Gasteiger partial charge in [-0.15, -0.1) is 0 Å². The number of hydrogen-bond donors (Lipinski definition) is 2. The van der Waals surface area contributed by atoms with Crippen molar-refractivity contribution in [2.24, 2.45) is 5.73 Å². The minimum Gasteiger partial charge on any atom is -0.436 e. The number of amidine groups is 1. The number of nitrogen functional groups attached to an aromatic ring is 1. The first-order chi connectivity index (χ1) is 8.95. The molecule has 4 nitrogen and oxygen atoms in total. The van der Waals surface area contributed by atoms with E-state index in [4.69, 9.17) is 15.9 Å². The highest BCUT2D eigenvalue weighted by molar-refractivity contribution is 9.10. The van der Waals surface area contributed by atoms with Crippen molar-refractivity contribution in [1.82, 2.24) is 4.98 Å². The van der Waals surface area contributed by atoms with E-state index in [0.717, 1.165) is 0 Å². The molecule has 2 rings (SSSR count). The number of aryl methyl sites for hydroxylation is 1. The Bertz CT molecular complexity index is 646. The topological polar surface area (TPSA) is 72.0 Å². The van der Waals surface area contributed by atoms with Crippen LogP contribution in [0.15, 0.2) is 34.8 Å². The molecular weight excluding hydrogens is 313 g/mol. The van der Waals surface area contributed by atoms with Gasteiger partial charge in [0.1, 0.15) is 5.84 Å². The summed E-state index contributed by atoms with van der Waals surface area (Å²) in [4.78, 5) is 4.13. The molecule has 0 bridgehead atoms. The Labute approximate surface area is 118 Å². The molecule has 0 saturated carbocycles. The van der Waals surface area contributed by atoms with Crippen LogP contribution in [0.4, 0.5) is 4.39 Å². The van der Waals surface area contributed by atoms with Gasteiger partial charge in [-0.25, -0.2) is 9.37 Å². The molecule has 98 valence electrons. The summed E-state index contributed by atoms with van der Waals surface area (Å²) in [5.41, 5.74) is 6.54. The Hall–Kier alpha value is -1.95. The van der Waals surface area contributed by atoms with Gasteiger partial charge in [0.05, 0.1) is 0 Å². The Balaban J connectivity index is 2.38. The first kappa shape index (κ1) is 13.5. The van der Waals surface area contributed by atoms with E-state index < -0.39 is 5.82 Å². The van der Waals surface area contributed by atoms with Crippen molar-refractivity contribution in [2.45, 2.75) is 6.92 Å². The van der Waals surface area contributed by atoms with Crippen LogP contribution in [0.5, 0.6) is 11.6 Å². The third-order valence-electron chi connectivity index (χ3n) is 2.35. The van der Waals surface area contributed by atoms with E-state index in [1.165, 1.54) is 18.2 Å². The molecule has 0 spiro atoms. The van der Waals surface area contributed by atoms with E-state index >= 15 is 0 Å². The minimum absolute atomic E-state index is 0.0574. The number of aromatic nitrogens is 1. The van der Waals surface area contributed by atoms with Crippen LogP contribution in [-0.4, -0.2) is 10.8 Å². The molecule has 0 aliphatic carbocycles. The molecule has 0 amide bonds. The predicted octanol–water partition coefficient (Wildman–Crippen LogP) is 3.37. The van der Waals surface area contributed by atoms with Crippen LogP contribution in [0.2, 0.25) is 0 Å². The number of halogens is 2. The molecule has 0 radical (unpaired) electrons. The SMILES string of the molecule is Cc1cc(C(=N)N)cc(Oc2cc(Br)ccc2F)n1. The Morgan fingerprint density at radius 2 is 2.11 bits per heavy atom. The molecule has 3 N–H and O–H groups in total. The maximum Gasteiger partial charge on any atom is 0.220 e. The summed E-state index contributed by atoms with van der Waals surface area (Å²) >= 11 is 3.24. The number of ether oxygens (including phenoxy) is 1. The average molecular weight is 324 g/mol. The van der Waals surface area contributed by atoms with E-state index in [-0.39, 0.29) is 17.5 Å². The Morgan fingerprint density at radius 3 is 2.79 bits per heavy atom. The first-order valence-corrected chi connectivity index (χ1v) is 6.21. The molecule has 1 aromatic carbocycles. The number of pyridine rings is 1. The second-order valence-electron chi connectivity index (χ2n) is 3.93. The highest BCUT2D eigenvalue weighted by atomic mass is 79.9. The first-order valence-electron chi connectivity index (χ1n) is 5.41. The van der Waals surface area contributed by atoms with Crippen molar-refractivity contribution in [3.63, 3.8) is 0 Å². The van der Waals surface area contributed by atoms with Crippen molar-refractivity contribution in [1.29, 1.82) is 5.41 Å². The zero-order valence-electron chi connectivity index (χ0n) is 10.1. The summed E-state index contributed by atoms with van der Waals surface area (Å²) in [6.07, 6.45) is 0.